The molecule has 3 heterocycles. The van der Waals surface area contributed by atoms with Gasteiger partial charge in [-0.2, -0.15) is 0 Å². The van der Waals surface area contributed by atoms with E-state index in [0.717, 1.165) is 55.5 Å². The lowest BCUT2D eigenvalue weighted by Gasteiger charge is -2.12. The predicted molar refractivity (Wildman–Crippen MR) is 109 cm³/mol. The molecule has 1 aliphatic heterocycles. The van der Waals surface area contributed by atoms with E-state index in [0.29, 0.717) is 0 Å². The van der Waals surface area contributed by atoms with Gasteiger partial charge in [0.25, 0.3) is 0 Å². The third-order valence-electron chi connectivity index (χ3n) is 4.95. The van der Waals surface area contributed by atoms with E-state index >= 15 is 0 Å². The fourth-order valence-electron chi connectivity index (χ4n) is 3.80. The van der Waals surface area contributed by atoms with Gasteiger partial charge in [-0.1, -0.05) is 6.07 Å². The third-order valence-corrected chi connectivity index (χ3v) is 4.95. The van der Waals surface area contributed by atoms with Crippen LogP contribution in [0.25, 0.3) is 10.9 Å². The number of halogens is 3. The minimum absolute atomic E-state index is 0. The predicted octanol–water partition coefficient (Wildman–Crippen LogP) is 4.64. The van der Waals surface area contributed by atoms with E-state index in [4.69, 9.17) is 0 Å². The number of hydrogen-bond acceptors (Lipinski definition) is 2. The Morgan fingerprint density at radius 1 is 1.15 bits per heavy atom. The fourth-order valence-corrected chi connectivity index (χ4v) is 3.80. The zero-order valence-corrected chi connectivity index (χ0v) is 16.5. The van der Waals surface area contributed by atoms with Gasteiger partial charge in [-0.15, -0.1) is 24.8 Å². The van der Waals surface area contributed by atoms with Crippen LogP contribution in [0.15, 0.2) is 42.6 Å². The van der Waals surface area contributed by atoms with Gasteiger partial charge in [0, 0.05) is 48.0 Å². The first-order chi connectivity index (χ1) is 11.7. The second-order valence-electron chi connectivity index (χ2n) is 6.65. The van der Waals surface area contributed by atoms with Crippen LogP contribution in [0.5, 0.6) is 0 Å². The molecule has 3 nitrogen and oxygen atoms in total. The summed E-state index contributed by atoms with van der Waals surface area (Å²) in [6.45, 7) is 2.87. The normalized spacial score (nSPS) is 14.2. The molecule has 0 saturated carbocycles. The largest absolute Gasteiger partial charge is 0.344 e. The lowest BCUT2D eigenvalue weighted by molar-refractivity contribution is 0.333. The Kier molecular flexibility index (Phi) is 7.04. The zero-order chi connectivity index (χ0) is 16.5. The summed E-state index contributed by atoms with van der Waals surface area (Å²) in [5.74, 6) is -0.154. The first kappa shape index (κ1) is 20.7. The van der Waals surface area contributed by atoms with Crippen LogP contribution >= 0.6 is 24.8 Å². The van der Waals surface area contributed by atoms with E-state index in [1.54, 1.807) is 12.1 Å². The van der Waals surface area contributed by atoms with Gasteiger partial charge >= 0.3 is 0 Å². The van der Waals surface area contributed by atoms with Gasteiger partial charge in [0.15, 0.2) is 0 Å². The van der Waals surface area contributed by atoms with Crippen molar-refractivity contribution >= 4 is 35.7 Å². The van der Waals surface area contributed by atoms with Gasteiger partial charge in [-0.25, -0.2) is 4.39 Å². The number of fused-ring (bicyclic) bond motifs is 3. The van der Waals surface area contributed by atoms with Crippen LogP contribution < -0.4 is 0 Å². The van der Waals surface area contributed by atoms with Gasteiger partial charge in [0.1, 0.15) is 5.82 Å². The summed E-state index contributed by atoms with van der Waals surface area (Å²) in [4.78, 5) is 6.77. The Labute approximate surface area is 166 Å². The molecule has 3 aromatic rings. The SMILES string of the molecule is CN1CCCc2c(c3cc(F)ccc3n2CCc2ccccn2)C1.Cl.Cl. The zero-order valence-electron chi connectivity index (χ0n) is 14.8. The lowest BCUT2D eigenvalue weighted by atomic mass is 10.1. The smallest absolute Gasteiger partial charge is 0.123 e. The minimum Gasteiger partial charge on any atom is -0.344 e. The van der Waals surface area contributed by atoms with Crippen LogP contribution in [0.2, 0.25) is 0 Å². The van der Waals surface area contributed by atoms with Crippen molar-refractivity contribution in [2.75, 3.05) is 13.6 Å². The van der Waals surface area contributed by atoms with Gasteiger partial charge < -0.3 is 9.47 Å². The summed E-state index contributed by atoms with van der Waals surface area (Å²) in [6.07, 6.45) is 4.93. The minimum atomic E-state index is -0.154. The number of aryl methyl sites for hydroxylation is 2. The molecule has 140 valence electrons. The van der Waals surface area contributed by atoms with E-state index in [-0.39, 0.29) is 30.6 Å². The van der Waals surface area contributed by atoms with Crippen molar-refractivity contribution < 1.29 is 4.39 Å². The highest BCUT2D eigenvalue weighted by molar-refractivity contribution is 5.86. The summed E-state index contributed by atoms with van der Waals surface area (Å²) in [6, 6.07) is 11.2. The van der Waals surface area contributed by atoms with E-state index in [1.807, 2.05) is 24.4 Å². The second-order valence-corrected chi connectivity index (χ2v) is 6.65. The highest BCUT2D eigenvalue weighted by atomic mass is 35.5. The molecule has 2 aromatic heterocycles. The number of aromatic nitrogens is 2. The van der Waals surface area contributed by atoms with Gasteiger partial charge in [-0.05, 0) is 62.3 Å². The lowest BCUT2D eigenvalue weighted by Crippen LogP contribution is -2.17. The molecule has 1 aliphatic rings. The van der Waals surface area contributed by atoms with Crippen molar-refractivity contribution in [3.8, 4) is 0 Å². The summed E-state index contributed by atoms with van der Waals surface area (Å²) in [5, 5.41) is 1.07. The number of pyridine rings is 1. The maximum Gasteiger partial charge on any atom is 0.123 e. The average molecular weight is 396 g/mol. The maximum atomic E-state index is 13.8. The molecule has 0 unspecified atom stereocenters. The molecule has 4 rings (SSSR count). The molecule has 0 radical (unpaired) electrons. The molecule has 0 bridgehead atoms. The summed E-state index contributed by atoms with van der Waals surface area (Å²) < 4.78 is 16.2. The van der Waals surface area contributed by atoms with Crippen LogP contribution in [-0.4, -0.2) is 28.0 Å². The van der Waals surface area contributed by atoms with Crippen LogP contribution in [0, 0.1) is 5.82 Å². The summed E-state index contributed by atoms with van der Waals surface area (Å²) in [5.41, 5.74) is 4.91. The van der Waals surface area contributed by atoms with E-state index in [1.165, 1.54) is 11.3 Å². The quantitative estimate of drug-likeness (QED) is 0.643. The second kappa shape index (κ2) is 8.85. The molecule has 1 aromatic carbocycles. The van der Waals surface area contributed by atoms with Crippen molar-refractivity contribution in [2.45, 2.75) is 32.4 Å². The highest BCUT2D eigenvalue weighted by Crippen LogP contribution is 2.31. The van der Waals surface area contributed by atoms with E-state index < -0.39 is 0 Å². The van der Waals surface area contributed by atoms with Crippen molar-refractivity contribution in [1.82, 2.24) is 14.5 Å². The average Bonchev–Trinajstić information content (AvgIpc) is 2.73. The third kappa shape index (κ3) is 4.03. The number of rotatable bonds is 3. The molecular formula is C20H24Cl2FN3. The Bertz CT molecular complexity index is 864. The van der Waals surface area contributed by atoms with Crippen molar-refractivity contribution in [3.05, 3.63) is 65.4 Å². The Balaban J connectivity index is 0.00000121. The fraction of sp³-hybridized carbons (Fsp3) is 0.350. The van der Waals surface area contributed by atoms with Crippen LogP contribution in [0.3, 0.4) is 0 Å². The maximum absolute atomic E-state index is 13.8. The number of benzene rings is 1. The molecule has 6 heteroatoms. The molecule has 0 fully saturated rings. The van der Waals surface area contributed by atoms with Crippen LogP contribution in [-0.2, 0) is 25.9 Å². The first-order valence-electron chi connectivity index (χ1n) is 8.60. The van der Waals surface area contributed by atoms with Crippen molar-refractivity contribution in [1.29, 1.82) is 0 Å². The standard InChI is InChI=1S/C20H22FN3.2ClH/c1-23-11-4-6-19-18(14-23)17-13-15(21)7-8-20(17)24(19)12-9-16-5-2-3-10-22-16;;/h2-3,5,7-8,10,13H,4,6,9,11-12,14H2,1H3;2*1H. The van der Waals surface area contributed by atoms with E-state index in [2.05, 4.69) is 27.6 Å². The highest BCUT2D eigenvalue weighted by Gasteiger charge is 2.21. The van der Waals surface area contributed by atoms with Gasteiger partial charge in [0.05, 0.1) is 0 Å². The summed E-state index contributed by atoms with van der Waals surface area (Å²) in [7, 11) is 2.14. The topological polar surface area (TPSA) is 21.1 Å². The van der Waals surface area contributed by atoms with Gasteiger partial charge in [0.2, 0.25) is 0 Å². The molecule has 0 amide bonds. The first-order valence-corrected chi connectivity index (χ1v) is 8.60. The van der Waals surface area contributed by atoms with Crippen molar-refractivity contribution in [2.24, 2.45) is 0 Å². The summed E-state index contributed by atoms with van der Waals surface area (Å²) >= 11 is 0. The Morgan fingerprint density at radius 2 is 2.00 bits per heavy atom. The van der Waals surface area contributed by atoms with E-state index in [9.17, 15) is 4.39 Å². The van der Waals surface area contributed by atoms with Crippen molar-refractivity contribution in [3.63, 3.8) is 0 Å². The monoisotopic (exact) mass is 395 g/mol. The van der Waals surface area contributed by atoms with Crippen LogP contribution in [0.4, 0.5) is 4.39 Å². The molecular weight excluding hydrogens is 372 g/mol. The number of hydrogen-bond donors (Lipinski definition) is 0. The molecule has 26 heavy (non-hydrogen) atoms. The molecule has 0 aliphatic carbocycles. The Hall–Kier alpha value is -1.62. The molecule has 0 saturated heterocycles. The Morgan fingerprint density at radius 3 is 2.77 bits per heavy atom. The molecule has 0 spiro atoms. The molecule has 0 atom stereocenters. The van der Waals surface area contributed by atoms with Crippen LogP contribution in [0.1, 0.15) is 23.4 Å². The molecule has 0 N–H and O–H groups in total. The number of nitrogens with zero attached hydrogens (tertiary/aromatic N) is 3. The van der Waals surface area contributed by atoms with Gasteiger partial charge in [-0.3, -0.25) is 4.98 Å².